The molecule has 0 aromatic carbocycles. The Labute approximate surface area is 118 Å². The Morgan fingerprint density at radius 3 is 1.68 bits per heavy atom. The van der Waals surface area contributed by atoms with Gasteiger partial charge in [-0.3, -0.25) is 5.32 Å². The molecule has 4 bridgehead atoms. The molecule has 1 N–H and O–H groups in total. The lowest BCUT2D eigenvalue weighted by Crippen LogP contribution is -2.65. The van der Waals surface area contributed by atoms with Crippen LogP contribution in [0.1, 0.15) is 66.2 Å². The monoisotopic (exact) mass is 260 g/mol. The quantitative estimate of drug-likeness (QED) is 0.818. The first-order chi connectivity index (χ1) is 8.75. The number of nitriles is 1. The van der Waals surface area contributed by atoms with E-state index in [1.807, 2.05) is 0 Å². The van der Waals surface area contributed by atoms with E-state index >= 15 is 0 Å². The van der Waals surface area contributed by atoms with Gasteiger partial charge in [0.15, 0.2) is 0 Å². The third-order valence-electron chi connectivity index (χ3n) is 5.95. The van der Waals surface area contributed by atoms with Gasteiger partial charge in [0, 0.05) is 11.0 Å². The maximum absolute atomic E-state index is 9.90. The average Bonchev–Trinajstić information content (AvgIpc) is 2.24. The van der Waals surface area contributed by atoms with Gasteiger partial charge in [-0.2, -0.15) is 5.26 Å². The van der Waals surface area contributed by atoms with E-state index in [1.165, 1.54) is 38.5 Å². The van der Waals surface area contributed by atoms with E-state index < -0.39 is 0 Å². The molecule has 4 saturated carbocycles. The van der Waals surface area contributed by atoms with Gasteiger partial charge in [0.25, 0.3) is 0 Å². The summed E-state index contributed by atoms with van der Waals surface area (Å²) in [5.41, 5.74) is -0.112. The molecular formula is C17H28N2. The fourth-order valence-electron chi connectivity index (χ4n) is 5.75. The van der Waals surface area contributed by atoms with Gasteiger partial charge in [0.2, 0.25) is 0 Å². The van der Waals surface area contributed by atoms with Crippen LogP contribution in [0.15, 0.2) is 0 Å². The second kappa shape index (κ2) is 3.98. The van der Waals surface area contributed by atoms with E-state index in [0.717, 1.165) is 17.8 Å². The van der Waals surface area contributed by atoms with Crippen LogP contribution >= 0.6 is 0 Å². The number of rotatable bonds is 2. The molecule has 2 heteroatoms. The maximum Gasteiger partial charge on any atom is 0.110 e. The molecule has 106 valence electrons. The van der Waals surface area contributed by atoms with Crippen molar-refractivity contribution in [2.75, 3.05) is 0 Å². The van der Waals surface area contributed by atoms with Gasteiger partial charge in [-0.1, -0.05) is 0 Å². The summed E-state index contributed by atoms with van der Waals surface area (Å²) in [6, 6.07) is 2.68. The van der Waals surface area contributed by atoms with Gasteiger partial charge < -0.3 is 0 Å². The highest BCUT2D eigenvalue weighted by atomic mass is 15.1. The largest absolute Gasteiger partial charge is 0.294 e. The van der Waals surface area contributed by atoms with Crippen molar-refractivity contribution >= 4 is 0 Å². The normalized spacial score (nSPS) is 43.8. The van der Waals surface area contributed by atoms with Crippen molar-refractivity contribution in [3.05, 3.63) is 0 Å². The molecule has 2 nitrogen and oxygen atoms in total. The van der Waals surface area contributed by atoms with Gasteiger partial charge in [-0.05, 0) is 84.0 Å². The lowest BCUT2D eigenvalue weighted by Gasteiger charge is -2.62. The average molecular weight is 260 g/mol. The van der Waals surface area contributed by atoms with E-state index in [0.29, 0.717) is 0 Å². The van der Waals surface area contributed by atoms with E-state index in [9.17, 15) is 5.26 Å². The zero-order chi connectivity index (χ0) is 13.9. The van der Waals surface area contributed by atoms with Crippen LogP contribution in [0.2, 0.25) is 0 Å². The highest BCUT2D eigenvalue weighted by Crippen LogP contribution is 2.63. The van der Waals surface area contributed by atoms with Crippen molar-refractivity contribution < 1.29 is 0 Å². The summed E-state index contributed by atoms with van der Waals surface area (Å²) in [4.78, 5) is 0. The molecule has 0 spiro atoms. The summed E-state index contributed by atoms with van der Waals surface area (Å²) in [5, 5.41) is 13.6. The van der Waals surface area contributed by atoms with Crippen LogP contribution in [0.4, 0.5) is 0 Å². The summed E-state index contributed by atoms with van der Waals surface area (Å²) < 4.78 is 0. The molecular weight excluding hydrogens is 232 g/mol. The minimum Gasteiger partial charge on any atom is -0.294 e. The Bertz CT molecular complexity index is 377. The zero-order valence-electron chi connectivity index (χ0n) is 12.9. The van der Waals surface area contributed by atoms with Crippen LogP contribution < -0.4 is 5.32 Å². The molecule has 4 aliphatic carbocycles. The summed E-state index contributed by atoms with van der Waals surface area (Å²) >= 11 is 0. The fraction of sp³-hybridized carbons (Fsp3) is 0.941. The van der Waals surface area contributed by atoms with Crippen molar-refractivity contribution in [3.63, 3.8) is 0 Å². The van der Waals surface area contributed by atoms with Crippen LogP contribution in [0.3, 0.4) is 0 Å². The first-order valence-corrected chi connectivity index (χ1v) is 7.96. The van der Waals surface area contributed by atoms with E-state index in [1.54, 1.807) is 0 Å². The minimum atomic E-state index is -0.360. The molecule has 1 atom stereocenters. The Kier molecular flexibility index (Phi) is 2.81. The second-order valence-electron chi connectivity index (χ2n) is 8.81. The molecule has 19 heavy (non-hydrogen) atoms. The zero-order valence-corrected chi connectivity index (χ0v) is 12.9. The molecule has 1 unspecified atom stereocenters. The highest BCUT2D eigenvalue weighted by molar-refractivity contribution is 5.21. The van der Waals surface area contributed by atoms with Crippen molar-refractivity contribution in [3.8, 4) is 6.07 Å². The van der Waals surface area contributed by atoms with Crippen LogP contribution in [0, 0.1) is 34.5 Å². The maximum atomic E-state index is 9.90. The van der Waals surface area contributed by atoms with Gasteiger partial charge in [0.05, 0.1) is 6.07 Å². The summed E-state index contributed by atoms with van der Waals surface area (Å²) in [6.07, 6.45) is 8.17. The molecule has 0 aromatic heterocycles. The fourth-order valence-corrected chi connectivity index (χ4v) is 5.75. The molecule has 0 aliphatic heterocycles. The third-order valence-corrected chi connectivity index (χ3v) is 5.95. The highest BCUT2D eigenvalue weighted by Gasteiger charge is 2.59. The third kappa shape index (κ3) is 2.11. The number of nitrogens with one attached hydrogen (secondary N) is 1. The lowest BCUT2D eigenvalue weighted by atomic mass is 9.45. The van der Waals surface area contributed by atoms with Gasteiger partial charge >= 0.3 is 0 Å². The number of nitrogens with zero attached hydrogens (tertiary/aromatic N) is 1. The van der Waals surface area contributed by atoms with Crippen molar-refractivity contribution in [1.82, 2.24) is 5.32 Å². The summed E-state index contributed by atoms with van der Waals surface area (Å²) in [5.74, 6) is 2.71. The van der Waals surface area contributed by atoms with Crippen molar-refractivity contribution in [2.24, 2.45) is 23.2 Å². The first kappa shape index (κ1) is 13.4. The molecule has 0 radical (unpaired) electrons. The lowest BCUT2D eigenvalue weighted by molar-refractivity contribution is -0.0927. The Morgan fingerprint density at radius 1 is 0.947 bits per heavy atom. The van der Waals surface area contributed by atoms with E-state index in [4.69, 9.17) is 0 Å². The summed E-state index contributed by atoms with van der Waals surface area (Å²) in [7, 11) is 0. The molecule has 0 amide bonds. The number of hydrogen-bond acceptors (Lipinski definition) is 2. The molecule has 0 saturated heterocycles. The molecule has 4 aliphatic rings. The topological polar surface area (TPSA) is 35.8 Å². The van der Waals surface area contributed by atoms with Crippen molar-refractivity contribution in [1.29, 1.82) is 5.26 Å². The van der Waals surface area contributed by atoms with Crippen LogP contribution in [0.5, 0.6) is 0 Å². The van der Waals surface area contributed by atoms with E-state index in [2.05, 4.69) is 39.1 Å². The molecule has 4 rings (SSSR count). The van der Waals surface area contributed by atoms with Gasteiger partial charge in [-0.25, -0.2) is 0 Å². The van der Waals surface area contributed by atoms with Crippen molar-refractivity contribution in [2.45, 2.75) is 77.3 Å². The van der Waals surface area contributed by atoms with Gasteiger partial charge in [0.1, 0.15) is 5.54 Å². The first-order valence-electron chi connectivity index (χ1n) is 7.96. The second-order valence-corrected chi connectivity index (χ2v) is 8.81. The smallest absolute Gasteiger partial charge is 0.110 e. The Morgan fingerprint density at radius 2 is 1.37 bits per heavy atom. The predicted octanol–water partition coefficient (Wildman–Crippen LogP) is 3.87. The SMILES string of the molecule is CC(C)(C)NC(C)(C#N)C12CC3CC(CC(C3)C1)C2. The molecule has 0 aromatic rings. The van der Waals surface area contributed by atoms with Crippen LogP contribution in [-0.2, 0) is 0 Å². The predicted molar refractivity (Wildman–Crippen MR) is 77.5 cm³/mol. The van der Waals surface area contributed by atoms with Crippen LogP contribution in [-0.4, -0.2) is 11.1 Å². The number of hydrogen-bond donors (Lipinski definition) is 1. The molecule has 4 fully saturated rings. The Hall–Kier alpha value is -0.550. The van der Waals surface area contributed by atoms with Crippen LogP contribution in [0.25, 0.3) is 0 Å². The summed E-state index contributed by atoms with van der Waals surface area (Å²) in [6.45, 7) is 8.72. The standard InChI is InChI=1S/C17H28N2/c1-15(2,3)19-16(4,11-18)17-8-12-5-13(9-17)7-14(6-12)10-17/h12-14,19H,5-10H2,1-4H3. The minimum absolute atomic E-state index is 0.00775. The molecule has 0 heterocycles. The van der Waals surface area contributed by atoms with E-state index in [-0.39, 0.29) is 16.5 Å². The Balaban J connectivity index is 1.93. The van der Waals surface area contributed by atoms with Gasteiger partial charge in [-0.15, -0.1) is 0 Å².